The third-order valence-corrected chi connectivity index (χ3v) is 5.33. The maximum Gasteiger partial charge on any atom is 0.163 e. The monoisotopic (exact) mass is 351 g/mol. The highest BCUT2D eigenvalue weighted by Gasteiger charge is 2.15. The summed E-state index contributed by atoms with van der Waals surface area (Å²) in [6, 6.07) is 15.9. The Bertz CT molecular complexity index is 872. The summed E-state index contributed by atoms with van der Waals surface area (Å²) in [6.07, 6.45) is 6.70. The van der Waals surface area contributed by atoms with E-state index in [2.05, 4.69) is 11.4 Å². The zero-order valence-corrected chi connectivity index (χ0v) is 15.0. The standard InChI is InChI=1S/C21H22ClN3/c22-18-12-6-4-10-16(18)21-24-19-13-7-5-11-17(19)20(25-21)23-14-15-8-2-1-3-9-15/h4-7,10-13,15H,1-3,8-9,14H2,(H,23,24,25). The van der Waals surface area contributed by atoms with Gasteiger partial charge in [0.1, 0.15) is 5.82 Å². The Kier molecular flexibility index (Phi) is 4.84. The summed E-state index contributed by atoms with van der Waals surface area (Å²) in [5.41, 5.74) is 1.81. The second kappa shape index (κ2) is 7.40. The number of hydrogen-bond donors (Lipinski definition) is 1. The highest BCUT2D eigenvalue weighted by Crippen LogP contribution is 2.30. The van der Waals surface area contributed by atoms with Gasteiger partial charge in [0.2, 0.25) is 0 Å². The summed E-state index contributed by atoms with van der Waals surface area (Å²) < 4.78 is 0. The first-order valence-corrected chi connectivity index (χ1v) is 9.44. The summed E-state index contributed by atoms with van der Waals surface area (Å²) in [5, 5.41) is 5.33. The van der Waals surface area contributed by atoms with Crippen molar-refractivity contribution < 1.29 is 0 Å². The van der Waals surface area contributed by atoms with Crippen molar-refractivity contribution in [2.75, 3.05) is 11.9 Å². The summed E-state index contributed by atoms with van der Waals surface area (Å²) >= 11 is 6.36. The molecular weight excluding hydrogens is 330 g/mol. The molecule has 4 heteroatoms. The average Bonchev–Trinajstić information content (AvgIpc) is 2.67. The molecule has 0 amide bonds. The largest absolute Gasteiger partial charge is 0.369 e. The van der Waals surface area contributed by atoms with Crippen molar-refractivity contribution >= 4 is 28.3 Å². The van der Waals surface area contributed by atoms with Gasteiger partial charge in [-0.3, -0.25) is 0 Å². The van der Waals surface area contributed by atoms with Crippen molar-refractivity contribution in [3.63, 3.8) is 0 Å². The minimum atomic E-state index is 0.676. The van der Waals surface area contributed by atoms with Crippen LogP contribution in [0.1, 0.15) is 32.1 Å². The van der Waals surface area contributed by atoms with Gasteiger partial charge in [-0.2, -0.15) is 0 Å². The first-order valence-electron chi connectivity index (χ1n) is 9.07. The number of anilines is 1. The Morgan fingerprint density at radius 1 is 0.920 bits per heavy atom. The van der Waals surface area contributed by atoms with E-state index in [4.69, 9.17) is 21.6 Å². The van der Waals surface area contributed by atoms with Crippen LogP contribution in [0.15, 0.2) is 48.5 Å². The fourth-order valence-corrected chi connectivity index (χ4v) is 3.83. The van der Waals surface area contributed by atoms with E-state index in [-0.39, 0.29) is 0 Å². The van der Waals surface area contributed by atoms with Gasteiger partial charge in [0.25, 0.3) is 0 Å². The molecule has 0 spiro atoms. The second-order valence-electron chi connectivity index (χ2n) is 6.78. The normalized spacial score (nSPS) is 15.4. The molecule has 0 bridgehead atoms. The predicted octanol–water partition coefficient (Wildman–Crippen LogP) is 5.94. The van der Waals surface area contributed by atoms with Gasteiger partial charge in [0.05, 0.1) is 10.5 Å². The van der Waals surface area contributed by atoms with E-state index >= 15 is 0 Å². The molecule has 25 heavy (non-hydrogen) atoms. The quantitative estimate of drug-likeness (QED) is 0.631. The first kappa shape index (κ1) is 16.3. The van der Waals surface area contributed by atoms with Crippen LogP contribution in [0.3, 0.4) is 0 Å². The van der Waals surface area contributed by atoms with Crippen LogP contribution in [0.4, 0.5) is 5.82 Å². The van der Waals surface area contributed by atoms with Crippen molar-refractivity contribution in [1.82, 2.24) is 9.97 Å². The van der Waals surface area contributed by atoms with Crippen molar-refractivity contribution in [3.8, 4) is 11.4 Å². The third-order valence-electron chi connectivity index (χ3n) is 5.00. The second-order valence-corrected chi connectivity index (χ2v) is 7.18. The van der Waals surface area contributed by atoms with Gasteiger partial charge in [-0.15, -0.1) is 0 Å². The summed E-state index contributed by atoms with van der Waals surface area (Å²) in [4.78, 5) is 9.54. The van der Waals surface area contributed by atoms with Crippen LogP contribution < -0.4 is 5.32 Å². The predicted molar refractivity (Wildman–Crippen MR) is 105 cm³/mol. The molecule has 1 aromatic heterocycles. The fourth-order valence-electron chi connectivity index (χ4n) is 3.61. The highest BCUT2D eigenvalue weighted by molar-refractivity contribution is 6.33. The Balaban J connectivity index is 1.70. The van der Waals surface area contributed by atoms with E-state index in [1.165, 1.54) is 32.1 Å². The van der Waals surface area contributed by atoms with Gasteiger partial charge in [0, 0.05) is 17.5 Å². The molecule has 0 radical (unpaired) electrons. The van der Waals surface area contributed by atoms with Crippen LogP contribution in [-0.2, 0) is 0 Å². The highest BCUT2D eigenvalue weighted by atomic mass is 35.5. The van der Waals surface area contributed by atoms with Crippen LogP contribution in [0.25, 0.3) is 22.3 Å². The van der Waals surface area contributed by atoms with E-state index in [1.807, 2.05) is 42.5 Å². The zero-order valence-electron chi connectivity index (χ0n) is 14.2. The molecule has 2 aromatic carbocycles. The Labute approximate surface area is 153 Å². The molecule has 3 nitrogen and oxygen atoms in total. The maximum atomic E-state index is 6.36. The number of halogens is 1. The Morgan fingerprint density at radius 3 is 2.52 bits per heavy atom. The Morgan fingerprint density at radius 2 is 1.68 bits per heavy atom. The molecule has 0 atom stereocenters. The minimum absolute atomic E-state index is 0.676. The lowest BCUT2D eigenvalue weighted by atomic mass is 9.89. The number of fused-ring (bicyclic) bond motifs is 1. The van der Waals surface area contributed by atoms with Crippen LogP contribution in [0.5, 0.6) is 0 Å². The SMILES string of the molecule is Clc1ccccc1-c1nc(NCC2CCCCC2)c2ccccc2n1. The van der Waals surface area contributed by atoms with Gasteiger partial charge < -0.3 is 5.32 Å². The lowest BCUT2D eigenvalue weighted by molar-refractivity contribution is 0.373. The van der Waals surface area contributed by atoms with Crippen LogP contribution in [0, 0.1) is 5.92 Å². The van der Waals surface area contributed by atoms with Gasteiger partial charge in [-0.05, 0) is 43.0 Å². The van der Waals surface area contributed by atoms with Crippen molar-refractivity contribution in [2.24, 2.45) is 5.92 Å². The molecule has 1 saturated carbocycles. The Hall–Kier alpha value is -2.13. The van der Waals surface area contributed by atoms with E-state index in [9.17, 15) is 0 Å². The topological polar surface area (TPSA) is 37.8 Å². The van der Waals surface area contributed by atoms with Gasteiger partial charge >= 0.3 is 0 Å². The molecule has 1 aliphatic carbocycles. The lowest BCUT2D eigenvalue weighted by Crippen LogP contribution is -2.18. The summed E-state index contributed by atoms with van der Waals surface area (Å²) in [7, 11) is 0. The molecule has 0 aliphatic heterocycles. The number of aromatic nitrogens is 2. The maximum absolute atomic E-state index is 6.36. The third kappa shape index (κ3) is 3.62. The van der Waals surface area contributed by atoms with Gasteiger partial charge in [0.15, 0.2) is 5.82 Å². The van der Waals surface area contributed by atoms with E-state index in [0.717, 1.165) is 34.7 Å². The van der Waals surface area contributed by atoms with E-state index in [1.54, 1.807) is 0 Å². The van der Waals surface area contributed by atoms with Crippen molar-refractivity contribution in [1.29, 1.82) is 0 Å². The smallest absolute Gasteiger partial charge is 0.163 e. The zero-order chi connectivity index (χ0) is 17.1. The first-order chi connectivity index (χ1) is 12.3. The van der Waals surface area contributed by atoms with Crippen LogP contribution in [-0.4, -0.2) is 16.5 Å². The molecule has 1 aliphatic rings. The molecule has 1 N–H and O–H groups in total. The summed E-state index contributed by atoms with van der Waals surface area (Å²) in [5.74, 6) is 2.33. The fraction of sp³-hybridized carbons (Fsp3) is 0.333. The minimum Gasteiger partial charge on any atom is -0.369 e. The van der Waals surface area contributed by atoms with Gasteiger partial charge in [-0.25, -0.2) is 9.97 Å². The lowest BCUT2D eigenvalue weighted by Gasteiger charge is -2.22. The van der Waals surface area contributed by atoms with Crippen LogP contribution in [0.2, 0.25) is 5.02 Å². The van der Waals surface area contributed by atoms with Crippen molar-refractivity contribution in [2.45, 2.75) is 32.1 Å². The number of hydrogen-bond acceptors (Lipinski definition) is 3. The molecule has 4 rings (SSSR count). The molecular formula is C21H22ClN3. The van der Waals surface area contributed by atoms with E-state index < -0.39 is 0 Å². The van der Waals surface area contributed by atoms with Crippen LogP contribution >= 0.6 is 11.6 Å². The number of nitrogens with zero attached hydrogens (tertiary/aromatic N) is 2. The average molecular weight is 352 g/mol. The number of nitrogens with one attached hydrogen (secondary N) is 1. The molecule has 1 heterocycles. The number of benzene rings is 2. The summed E-state index contributed by atoms with van der Waals surface area (Å²) in [6.45, 7) is 0.975. The van der Waals surface area contributed by atoms with E-state index in [0.29, 0.717) is 10.8 Å². The molecule has 128 valence electrons. The molecule has 0 unspecified atom stereocenters. The molecule has 1 fully saturated rings. The molecule has 3 aromatic rings. The van der Waals surface area contributed by atoms with Gasteiger partial charge in [-0.1, -0.05) is 55.1 Å². The van der Waals surface area contributed by atoms with Crippen molar-refractivity contribution in [3.05, 3.63) is 53.6 Å². The molecule has 0 saturated heterocycles. The number of rotatable bonds is 4. The number of para-hydroxylation sites is 1.